The van der Waals surface area contributed by atoms with Crippen molar-refractivity contribution in [2.75, 3.05) is 6.61 Å². The van der Waals surface area contributed by atoms with Crippen molar-refractivity contribution in [3.05, 3.63) is 46.4 Å². The van der Waals surface area contributed by atoms with Gasteiger partial charge in [0.15, 0.2) is 0 Å². The number of benzene rings is 1. The number of rotatable bonds is 6. The Balaban J connectivity index is 1.73. The van der Waals surface area contributed by atoms with Crippen molar-refractivity contribution in [3.63, 3.8) is 0 Å². The fraction of sp³-hybridized carbons (Fsp3) is 0.333. The molecule has 1 aromatic carbocycles. The van der Waals surface area contributed by atoms with E-state index in [9.17, 15) is 4.79 Å². The average molecular weight is 290 g/mol. The molecule has 0 saturated carbocycles. The molecule has 1 atom stereocenters. The molecule has 1 amide bonds. The molecule has 0 bridgehead atoms. The fourth-order valence-corrected chi connectivity index (χ4v) is 2.45. The molecule has 1 N–H and O–H groups in total. The van der Waals surface area contributed by atoms with Crippen molar-refractivity contribution in [2.45, 2.75) is 26.3 Å². The normalized spacial score (nSPS) is 11.9. The minimum atomic E-state index is -0.0656. The van der Waals surface area contributed by atoms with Crippen LogP contribution in [0.25, 0.3) is 0 Å². The van der Waals surface area contributed by atoms with E-state index in [1.54, 1.807) is 11.3 Å². The van der Waals surface area contributed by atoms with Gasteiger partial charge in [0.25, 0.3) is 0 Å². The van der Waals surface area contributed by atoms with E-state index in [-0.39, 0.29) is 11.9 Å². The van der Waals surface area contributed by atoms with Gasteiger partial charge in [0, 0.05) is 5.38 Å². The monoisotopic (exact) mass is 290 g/mol. The van der Waals surface area contributed by atoms with E-state index in [4.69, 9.17) is 4.74 Å². The molecule has 0 spiro atoms. The summed E-state index contributed by atoms with van der Waals surface area (Å²) >= 11 is 1.59. The number of amides is 1. The molecule has 0 radical (unpaired) electrons. The lowest BCUT2D eigenvalue weighted by molar-refractivity contribution is -0.122. The first-order valence-corrected chi connectivity index (χ1v) is 7.42. The molecule has 1 unspecified atom stereocenters. The number of hydrogen-bond donors (Lipinski definition) is 1. The van der Waals surface area contributed by atoms with Crippen LogP contribution >= 0.6 is 11.3 Å². The number of nitrogens with one attached hydrogen (secondary N) is 1. The van der Waals surface area contributed by atoms with E-state index in [0.717, 1.165) is 16.5 Å². The molecule has 5 heteroatoms. The Morgan fingerprint density at radius 1 is 1.40 bits per heavy atom. The molecule has 106 valence electrons. The summed E-state index contributed by atoms with van der Waals surface area (Å²) in [6.45, 7) is 4.26. The Hall–Kier alpha value is -1.88. The maximum atomic E-state index is 11.8. The number of hydrogen-bond acceptors (Lipinski definition) is 4. The molecular formula is C15H18N2O2S. The highest BCUT2D eigenvalue weighted by molar-refractivity contribution is 7.09. The van der Waals surface area contributed by atoms with E-state index < -0.39 is 0 Å². The van der Waals surface area contributed by atoms with Gasteiger partial charge >= 0.3 is 0 Å². The number of aryl methyl sites for hydroxylation is 1. The minimum Gasteiger partial charge on any atom is -0.493 e. The van der Waals surface area contributed by atoms with Crippen LogP contribution in [0, 0.1) is 6.92 Å². The van der Waals surface area contributed by atoms with Crippen LogP contribution < -0.4 is 10.1 Å². The van der Waals surface area contributed by atoms with E-state index in [2.05, 4.69) is 10.3 Å². The first-order chi connectivity index (χ1) is 9.65. The summed E-state index contributed by atoms with van der Waals surface area (Å²) in [6, 6.07) is 9.42. The second kappa shape index (κ2) is 7.05. The Morgan fingerprint density at radius 2 is 2.15 bits per heavy atom. The van der Waals surface area contributed by atoms with E-state index in [1.807, 2.05) is 49.6 Å². The lowest BCUT2D eigenvalue weighted by atomic mass is 10.2. The van der Waals surface area contributed by atoms with Crippen molar-refractivity contribution in [1.29, 1.82) is 0 Å². The second-order valence-corrected chi connectivity index (χ2v) is 5.55. The van der Waals surface area contributed by atoms with Gasteiger partial charge in [-0.15, -0.1) is 11.3 Å². The molecule has 2 rings (SSSR count). The number of ether oxygens (including phenoxy) is 1. The van der Waals surface area contributed by atoms with Crippen LogP contribution in [-0.2, 0) is 4.79 Å². The van der Waals surface area contributed by atoms with Gasteiger partial charge in [-0.2, -0.15) is 0 Å². The van der Waals surface area contributed by atoms with Crippen molar-refractivity contribution >= 4 is 17.2 Å². The molecule has 0 aliphatic heterocycles. The number of para-hydroxylation sites is 1. The first-order valence-electron chi connectivity index (χ1n) is 6.54. The standard InChI is InChI=1S/C15H18N2O2S/c1-11(14-10-20-12(2)17-14)16-15(18)8-9-19-13-6-4-3-5-7-13/h3-7,10-11H,8-9H2,1-2H3,(H,16,18). The Bertz CT molecular complexity index is 554. The van der Waals surface area contributed by atoms with Gasteiger partial charge in [-0.25, -0.2) is 4.98 Å². The predicted octanol–water partition coefficient (Wildman–Crippen LogP) is 3.10. The van der Waals surface area contributed by atoms with Gasteiger partial charge in [0.1, 0.15) is 5.75 Å². The zero-order valence-electron chi connectivity index (χ0n) is 11.6. The Kier molecular flexibility index (Phi) is 5.12. The number of carbonyl (C=O) groups is 1. The molecule has 20 heavy (non-hydrogen) atoms. The van der Waals surface area contributed by atoms with E-state index >= 15 is 0 Å². The number of carbonyl (C=O) groups excluding carboxylic acids is 1. The summed E-state index contributed by atoms with van der Waals surface area (Å²) in [5.74, 6) is 0.752. The highest BCUT2D eigenvalue weighted by atomic mass is 32.1. The number of nitrogens with zero attached hydrogens (tertiary/aromatic N) is 1. The third-order valence-electron chi connectivity index (χ3n) is 2.80. The molecule has 0 aliphatic carbocycles. The highest BCUT2D eigenvalue weighted by Gasteiger charge is 2.12. The van der Waals surface area contributed by atoms with Gasteiger partial charge in [-0.1, -0.05) is 18.2 Å². The van der Waals surface area contributed by atoms with E-state index in [0.29, 0.717) is 13.0 Å². The molecule has 0 aliphatic rings. The van der Waals surface area contributed by atoms with Gasteiger partial charge in [-0.05, 0) is 26.0 Å². The van der Waals surface area contributed by atoms with Crippen molar-refractivity contribution in [1.82, 2.24) is 10.3 Å². The minimum absolute atomic E-state index is 0.0286. The van der Waals surface area contributed by atoms with Crippen LogP contribution in [0.15, 0.2) is 35.7 Å². The van der Waals surface area contributed by atoms with Gasteiger partial charge in [0.05, 0.1) is 29.8 Å². The topological polar surface area (TPSA) is 51.2 Å². The SMILES string of the molecule is Cc1nc(C(C)NC(=O)CCOc2ccccc2)cs1. The molecule has 0 saturated heterocycles. The molecule has 0 fully saturated rings. The Labute approximate surface area is 122 Å². The molecule has 2 aromatic rings. The summed E-state index contributed by atoms with van der Waals surface area (Å²) in [5, 5.41) is 5.90. The highest BCUT2D eigenvalue weighted by Crippen LogP contribution is 2.15. The average Bonchev–Trinajstić information content (AvgIpc) is 2.87. The number of aromatic nitrogens is 1. The zero-order valence-corrected chi connectivity index (χ0v) is 12.4. The summed E-state index contributed by atoms with van der Waals surface area (Å²) in [5.41, 5.74) is 0.907. The molecule has 1 aromatic heterocycles. The summed E-state index contributed by atoms with van der Waals surface area (Å²) in [6.07, 6.45) is 0.336. The molecule has 1 heterocycles. The van der Waals surface area contributed by atoms with Crippen LogP contribution in [0.2, 0.25) is 0 Å². The van der Waals surface area contributed by atoms with Crippen LogP contribution in [0.1, 0.15) is 30.1 Å². The Morgan fingerprint density at radius 3 is 2.80 bits per heavy atom. The molecule has 4 nitrogen and oxygen atoms in total. The lowest BCUT2D eigenvalue weighted by Crippen LogP contribution is -2.28. The van der Waals surface area contributed by atoms with E-state index in [1.165, 1.54) is 0 Å². The summed E-state index contributed by atoms with van der Waals surface area (Å²) in [4.78, 5) is 16.2. The van der Waals surface area contributed by atoms with Crippen LogP contribution in [0.5, 0.6) is 5.75 Å². The predicted molar refractivity (Wildman–Crippen MR) is 80.0 cm³/mol. The number of thiazole rings is 1. The first kappa shape index (κ1) is 14.5. The van der Waals surface area contributed by atoms with Gasteiger partial charge < -0.3 is 10.1 Å². The third-order valence-corrected chi connectivity index (χ3v) is 3.59. The largest absolute Gasteiger partial charge is 0.493 e. The van der Waals surface area contributed by atoms with Crippen LogP contribution in [0.3, 0.4) is 0 Å². The third kappa shape index (κ3) is 4.35. The van der Waals surface area contributed by atoms with Crippen molar-refractivity contribution < 1.29 is 9.53 Å². The summed E-state index contributed by atoms with van der Waals surface area (Å²) < 4.78 is 5.49. The fourth-order valence-electron chi connectivity index (χ4n) is 1.74. The lowest BCUT2D eigenvalue weighted by Gasteiger charge is -2.12. The summed E-state index contributed by atoms with van der Waals surface area (Å²) in [7, 11) is 0. The maximum Gasteiger partial charge on any atom is 0.223 e. The van der Waals surface area contributed by atoms with Crippen molar-refractivity contribution in [3.8, 4) is 5.75 Å². The second-order valence-electron chi connectivity index (χ2n) is 4.49. The van der Waals surface area contributed by atoms with Gasteiger partial charge in [-0.3, -0.25) is 4.79 Å². The van der Waals surface area contributed by atoms with Crippen LogP contribution in [0.4, 0.5) is 0 Å². The quantitative estimate of drug-likeness (QED) is 0.889. The van der Waals surface area contributed by atoms with Crippen molar-refractivity contribution in [2.24, 2.45) is 0 Å². The van der Waals surface area contributed by atoms with Crippen LogP contribution in [-0.4, -0.2) is 17.5 Å². The smallest absolute Gasteiger partial charge is 0.223 e. The molecular weight excluding hydrogens is 272 g/mol. The zero-order chi connectivity index (χ0) is 14.4. The van der Waals surface area contributed by atoms with Gasteiger partial charge in [0.2, 0.25) is 5.91 Å². The maximum absolute atomic E-state index is 11.8.